The number of amides is 1. The van der Waals surface area contributed by atoms with Gasteiger partial charge in [-0.15, -0.1) is 0 Å². The molecule has 6 heteroatoms. The minimum Gasteiger partial charge on any atom is -0.389 e. The van der Waals surface area contributed by atoms with Gasteiger partial charge in [0, 0.05) is 19.7 Å². The molecular formula is C14H28N2O4. The van der Waals surface area contributed by atoms with Crippen molar-refractivity contribution in [2.75, 3.05) is 46.0 Å². The van der Waals surface area contributed by atoms with Crippen LogP contribution in [0.4, 0.5) is 0 Å². The largest absolute Gasteiger partial charge is 0.389 e. The van der Waals surface area contributed by atoms with E-state index in [9.17, 15) is 9.90 Å². The van der Waals surface area contributed by atoms with Gasteiger partial charge in [0.25, 0.3) is 0 Å². The van der Waals surface area contributed by atoms with Crippen molar-refractivity contribution in [3.8, 4) is 0 Å². The first-order chi connectivity index (χ1) is 9.65. The van der Waals surface area contributed by atoms with Gasteiger partial charge in [0.05, 0.1) is 32.0 Å². The molecule has 1 fully saturated rings. The number of hydrogen-bond acceptors (Lipinski definition) is 5. The number of hydrogen-bond donors (Lipinski definition) is 2. The Bertz CT molecular complexity index is 270. The Balaban J connectivity index is 2.14. The zero-order valence-electron chi connectivity index (χ0n) is 12.6. The van der Waals surface area contributed by atoms with E-state index in [1.54, 1.807) is 0 Å². The molecule has 0 bridgehead atoms. The summed E-state index contributed by atoms with van der Waals surface area (Å²) < 4.78 is 10.9. The Morgan fingerprint density at radius 1 is 1.55 bits per heavy atom. The number of carbonyl (C=O) groups excluding carboxylic acids is 1. The van der Waals surface area contributed by atoms with Crippen LogP contribution in [0.5, 0.6) is 0 Å². The highest BCUT2D eigenvalue weighted by molar-refractivity contribution is 5.77. The molecule has 1 aliphatic heterocycles. The van der Waals surface area contributed by atoms with Crippen molar-refractivity contribution in [1.29, 1.82) is 0 Å². The third-order valence-corrected chi connectivity index (χ3v) is 3.30. The van der Waals surface area contributed by atoms with E-state index in [-0.39, 0.29) is 18.6 Å². The summed E-state index contributed by atoms with van der Waals surface area (Å²) in [5.74, 6) is -0.0122. The minimum atomic E-state index is -0.578. The maximum atomic E-state index is 11.5. The number of nitrogens with one attached hydrogen (secondary N) is 1. The van der Waals surface area contributed by atoms with Crippen molar-refractivity contribution >= 4 is 5.91 Å². The molecule has 1 saturated heterocycles. The quantitative estimate of drug-likeness (QED) is 0.592. The third-order valence-electron chi connectivity index (χ3n) is 3.30. The van der Waals surface area contributed by atoms with Crippen LogP contribution in [0.25, 0.3) is 0 Å². The molecule has 0 radical (unpaired) electrons. The molecule has 0 aromatic heterocycles. The van der Waals surface area contributed by atoms with E-state index in [0.29, 0.717) is 26.2 Å². The van der Waals surface area contributed by atoms with Crippen molar-refractivity contribution < 1.29 is 19.4 Å². The Morgan fingerprint density at radius 3 is 2.95 bits per heavy atom. The normalized spacial score (nSPS) is 20.3. The van der Waals surface area contributed by atoms with E-state index in [1.165, 1.54) is 0 Å². The summed E-state index contributed by atoms with van der Waals surface area (Å²) in [6.07, 6.45) is 1.73. The lowest BCUT2D eigenvalue weighted by Gasteiger charge is -2.23. The summed E-state index contributed by atoms with van der Waals surface area (Å²) >= 11 is 0. The van der Waals surface area contributed by atoms with Crippen LogP contribution in [0.15, 0.2) is 0 Å². The van der Waals surface area contributed by atoms with Crippen molar-refractivity contribution in [3.05, 3.63) is 0 Å². The molecule has 1 amide bonds. The summed E-state index contributed by atoms with van der Waals surface area (Å²) in [5, 5.41) is 12.7. The third kappa shape index (κ3) is 7.19. The lowest BCUT2D eigenvalue weighted by Crippen LogP contribution is -2.42. The molecule has 0 aromatic carbocycles. The van der Waals surface area contributed by atoms with Crippen molar-refractivity contribution in [1.82, 2.24) is 10.2 Å². The molecule has 0 spiro atoms. The standard InChI is InChI=1S/C14H28N2O4/c1-3-15-14(18)9-16(4-2)8-12(17)10-19-11-13-6-5-7-20-13/h12-13,17H,3-11H2,1-2H3,(H,15,18). The van der Waals surface area contributed by atoms with Crippen LogP contribution in [0.1, 0.15) is 26.7 Å². The van der Waals surface area contributed by atoms with Gasteiger partial charge in [-0.2, -0.15) is 0 Å². The van der Waals surface area contributed by atoms with E-state index >= 15 is 0 Å². The number of ether oxygens (including phenoxy) is 2. The molecule has 1 aliphatic rings. The zero-order chi connectivity index (χ0) is 14.8. The Kier molecular flexibility index (Phi) is 8.77. The first-order valence-corrected chi connectivity index (χ1v) is 7.52. The van der Waals surface area contributed by atoms with E-state index in [1.807, 2.05) is 18.7 Å². The summed E-state index contributed by atoms with van der Waals surface area (Å²) in [4.78, 5) is 13.4. The maximum Gasteiger partial charge on any atom is 0.234 e. The van der Waals surface area contributed by atoms with Gasteiger partial charge in [-0.05, 0) is 26.3 Å². The van der Waals surface area contributed by atoms with Gasteiger partial charge in [0.2, 0.25) is 5.91 Å². The highest BCUT2D eigenvalue weighted by atomic mass is 16.5. The topological polar surface area (TPSA) is 71.0 Å². The summed E-state index contributed by atoms with van der Waals surface area (Å²) in [6.45, 7) is 7.61. The second-order valence-corrected chi connectivity index (χ2v) is 5.11. The van der Waals surface area contributed by atoms with Crippen molar-refractivity contribution in [3.63, 3.8) is 0 Å². The molecule has 2 unspecified atom stereocenters. The maximum absolute atomic E-state index is 11.5. The van der Waals surface area contributed by atoms with Crippen molar-refractivity contribution in [2.45, 2.75) is 38.9 Å². The van der Waals surface area contributed by atoms with E-state index < -0.39 is 6.10 Å². The Hall–Kier alpha value is -0.690. The number of aliphatic hydroxyl groups excluding tert-OH is 1. The molecule has 0 aliphatic carbocycles. The van der Waals surface area contributed by atoms with Crippen LogP contribution < -0.4 is 5.32 Å². The molecule has 1 heterocycles. The predicted molar refractivity (Wildman–Crippen MR) is 76.6 cm³/mol. The second kappa shape index (κ2) is 10.1. The molecule has 118 valence electrons. The highest BCUT2D eigenvalue weighted by Gasteiger charge is 2.17. The molecular weight excluding hydrogens is 260 g/mol. The number of likely N-dealkylation sites (N-methyl/N-ethyl adjacent to an activating group) is 2. The fraction of sp³-hybridized carbons (Fsp3) is 0.929. The van der Waals surface area contributed by atoms with Gasteiger partial charge in [-0.25, -0.2) is 0 Å². The number of rotatable bonds is 10. The second-order valence-electron chi connectivity index (χ2n) is 5.11. The summed E-state index contributed by atoms with van der Waals surface area (Å²) in [7, 11) is 0. The first-order valence-electron chi connectivity index (χ1n) is 7.52. The van der Waals surface area contributed by atoms with E-state index in [0.717, 1.165) is 26.0 Å². The van der Waals surface area contributed by atoms with Crippen LogP contribution in [-0.2, 0) is 14.3 Å². The van der Waals surface area contributed by atoms with Crippen LogP contribution >= 0.6 is 0 Å². The van der Waals surface area contributed by atoms with Crippen LogP contribution in [0.3, 0.4) is 0 Å². The van der Waals surface area contributed by atoms with Gasteiger partial charge >= 0.3 is 0 Å². The van der Waals surface area contributed by atoms with E-state index in [2.05, 4.69) is 5.32 Å². The van der Waals surface area contributed by atoms with Crippen molar-refractivity contribution in [2.24, 2.45) is 0 Å². The molecule has 6 nitrogen and oxygen atoms in total. The van der Waals surface area contributed by atoms with Crippen LogP contribution in [0.2, 0.25) is 0 Å². The summed E-state index contributed by atoms with van der Waals surface area (Å²) in [5.41, 5.74) is 0. The minimum absolute atomic E-state index is 0.0122. The lowest BCUT2D eigenvalue weighted by atomic mass is 10.2. The van der Waals surface area contributed by atoms with Crippen LogP contribution in [-0.4, -0.2) is 74.1 Å². The average Bonchev–Trinajstić information content (AvgIpc) is 2.91. The fourth-order valence-corrected chi connectivity index (χ4v) is 2.22. The van der Waals surface area contributed by atoms with E-state index in [4.69, 9.17) is 9.47 Å². The smallest absolute Gasteiger partial charge is 0.234 e. The fourth-order valence-electron chi connectivity index (χ4n) is 2.22. The molecule has 0 saturated carbocycles. The van der Waals surface area contributed by atoms with Gasteiger partial charge in [-0.1, -0.05) is 6.92 Å². The number of carbonyl (C=O) groups is 1. The van der Waals surface area contributed by atoms with Gasteiger partial charge in [0.1, 0.15) is 0 Å². The average molecular weight is 288 g/mol. The Morgan fingerprint density at radius 2 is 2.35 bits per heavy atom. The predicted octanol–water partition coefficient (Wildman–Crippen LogP) is 0.000900. The van der Waals surface area contributed by atoms with Gasteiger partial charge in [-0.3, -0.25) is 9.69 Å². The molecule has 20 heavy (non-hydrogen) atoms. The number of aliphatic hydroxyl groups is 1. The first kappa shape index (κ1) is 17.4. The summed E-state index contributed by atoms with van der Waals surface area (Å²) in [6, 6.07) is 0. The highest BCUT2D eigenvalue weighted by Crippen LogP contribution is 2.11. The van der Waals surface area contributed by atoms with Gasteiger partial charge < -0.3 is 19.9 Å². The van der Waals surface area contributed by atoms with Gasteiger partial charge in [0.15, 0.2) is 0 Å². The zero-order valence-corrected chi connectivity index (χ0v) is 12.6. The Labute approximate surface area is 121 Å². The lowest BCUT2D eigenvalue weighted by molar-refractivity contribution is -0.122. The molecule has 2 atom stereocenters. The molecule has 0 aromatic rings. The van der Waals surface area contributed by atoms with Crippen LogP contribution in [0, 0.1) is 0 Å². The molecule has 2 N–H and O–H groups in total. The number of nitrogens with zero attached hydrogens (tertiary/aromatic N) is 1. The SMILES string of the molecule is CCNC(=O)CN(CC)CC(O)COCC1CCCO1. The molecule has 1 rings (SSSR count). The monoisotopic (exact) mass is 288 g/mol.